The van der Waals surface area contributed by atoms with Crippen LogP contribution in [0, 0.1) is 12.8 Å². The molecule has 22 heavy (non-hydrogen) atoms. The summed E-state index contributed by atoms with van der Waals surface area (Å²) in [6, 6.07) is 6.38. The summed E-state index contributed by atoms with van der Waals surface area (Å²) in [7, 11) is 1.43. The summed E-state index contributed by atoms with van der Waals surface area (Å²) < 4.78 is 4.91. The molecule has 0 saturated carbocycles. The van der Waals surface area contributed by atoms with Crippen LogP contribution in [0.25, 0.3) is 0 Å². The number of hydroxylamine groups is 1. The summed E-state index contributed by atoms with van der Waals surface area (Å²) in [5, 5.41) is 20.8. The smallest absolute Gasteiger partial charge is 0.251 e. The molecule has 2 amide bonds. The molecule has 0 fully saturated rings. The van der Waals surface area contributed by atoms with Crippen molar-refractivity contribution in [1.82, 2.24) is 10.8 Å². The summed E-state index contributed by atoms with van der Waals surface area (Å²) in [5.41, 5.74) is 3.07. The van der Waals surface area contributed by atoms with Crippen molar-refractivity contribution in [2.75, 3.05) is 20.3 Å². The van der Waals surface area contributed by atoms with E-state index in [-0.39, 0.29) is 25.5 Å². The largest absolute Gasteiger partial charge is 0.394 e. The average molecular weight is 310 g/mol. The molecular formula is C15H22N2O5. The maximum atomic E-state index is 12.1. The Labute approximate surface area is 129 Å². The van der Waals surface area contributed by atoms with E-state index in [1.807, 2.05) is 19.1 Å². The molecule has 0 saturated heterocycles. The van der Waals surface area contributed by atoms with Crippen LogP contribution < -0.4 is 10.8 Å². The Hall–Kier alpha value is -1.96. The highest BCUT2D eigenvalue weighted by atomic mass is 16.5. The molecule has 7 heteroatoms. The van der Waals surface area contributed by atoms with Gasteiger partial charge >= 0.3 is 0 Å². The maximum Gasteiger partial charge on any atom is 0.251 e. The number of hydrogen-bond acceptors (Lipinski definition) is 5. The van der Waals surface area contributed by atoms with Gasteiger partial charge in [-0.05, 0) is 25.5 Å². The summed E-state index contributed by atoms with van der Waals surface area (Å²) in [6.45, 7) is 1.67. The van der Waals surface area contributed by atoms with Crippen LogP contribution in [0.5, 0.6) is 0 Å². The van der Waals surface area contributed by atoms with Gasteiger partial charge in [0.2, 0.25) is 5.91 Å². The zero-order chi connectivity index (χ0) is 16.5. The Morgan fingerprint density at radius 3 is 2.41 bits per heavy atom. The number of ether oxygens (including phenoxy) is 1. The van der Waals surface area contributed by atoms with Crippen LogP contribution in [0.4, 0.5) is 0 Å². The van der Waals surface area contributed by atoms with Crippen LogP contribution in [0.15, 0.2) is 24.3 Å². The van der Waals surface area contributed by atoms with Crippen molar-refractivity contribution in [3.8, 4) is 0 Å². The molecule has 0 aromatic heterocycles. The molecule has 0 aliphatic rings. The number of methoxy groups -OCH3 is 1. The van der Waals surface area contributed by atoms with Crippen molar-refractivity contribution in [3.63, 3.8) is 0 Å². The third kappa shape index (κ3) is 5.44. The molecule has 1 aromatic rings. The monoisotopic (exact) mass is 310 g/mol. The summed E-state index contributed by atoms with van der Waals surface area (Å²) in [5.74, 6) is -1.63. The Morgan fingerprint density at radius 2 is 1.91 bits per heavy atom. The predicted octanol–water partition coefficient (Wildman–Crippen LogP) is 0.244. The minimum absolute atomic E-state index is 0.0727. The minimum atomic E-state index is -0.675. The predicted molar refractivity (Wildman–Crippen MR) is 79.4 cm³/mol. The molecule has 0 heterocycles. The van der Waals surface area contributed by atoms with Gasteiger partial charge < -0.3 is 15.2 Å². The summed E-state index contributed by atoms with van der Waals surface area (Å²) >= 11 is 0. The second-order valence-corrected chi connectivity index (χ2v) is 5.08. The number of hydrogen-bond donors (Lipinski definition) is 4. The zero-order valence-electron chi connectivity index (χ0n) is 12.7. The van der Waals surface area contributed by atoms with Gasteiger partial charge in [-0.15, -0.1) is 0 Å². The van der Waals surface area contributed by atoms with E-state index in [9.17, 15) is 14.7 Å². The normalized spacial score (nSPS) is 13.3. The van der Waals surface area contributed by atoms with Crippen molar-refractivity contribution in [2.45, 2.75) is 19.4 Å². The number of aliphatic hydroxyl groups is 1. The molecular weight excluding hydrogens is 288 g/mol. The van der Waals surface area contributed by atoms with Crippen molar-refractivity contribution in [3.05, 3.63) is 35.4 Å². The summed E-state index contributed by atoms with van der Waals surface area (Å²) in [4.78, 5) is 23.6. The molecule has 1 aromatic carbocycles. The van der Waals surface area contributed by atoms with Gasteiger partial charge in [0.05, 0.1) is 25.2 Å². The summed E-state index contributed by atoms with van der Waals surface area (Å²) in [6.07, 6.45) is 0.147. The lowest BCUT2D eigenvalue weighted by atomic mass is 10.00. The van der Waals surface area contributed by atoms with Crippen LogP contribution in [0.3, 0.4) is 0 Å². The van der Waals surface area contributed by atoms with E-state index >= 15 is 0 Å². The van der Waals surface area contributed by atoms with Gasteiger partial charge in [-0.2, -0.15) is 0 Å². The number of carbonyl (C=O) groups excluding carboxylic acids is 2. The topological polar surface area (TPSA) is 108 Å². The lowest BCUT2D eigenvalue weighted by Crippen LogP contribution is -2.42. The van der Waals surface area contributed by atoms with E-state index in [0.717, 1.165) is 5.56 Å². The Kier molecular flexibility index (Phi) is 7.51. The number of aliphatic hydroxyl groups excluding tert-OH is 1. The van der Waals surface area contributed by atoms with E-state index in [2.05, 4.69) is 5.32 Å². The van der Waals surface area contributed by atoms with Crippen LogP contribution >= 0.6 is 0 Å². The van der Waals surface area contributed by atoms with Gasteiger partial charge in [-0.25, -0.2) is 5.48 Å². The fourth-order valence-electron chi connectivity index (χ4n) is 2.04. The highest BCUT2D eigenvalue weighted by Crippen LogP contribution is 2.10. The maximum absolute atomic E-state index is 12.1. The second-order valence-electron chi connectivity index (χ2n) is 5.08. The quantitative estimate of drug-likeness (QED) is 0.406. The van der Waals surface area contributed by atoms with Gasteiger partial charge in [0.1, 0.15) is 0 Å². The first-order valence-electron chi connectivity index (χ1n) is 6.93. The Morgan fingerprint density at radius 1 is 1.27 bits per heavy atom. The lowest BCUT2D eigenvalue weighted by molar-refractivity contribution is -0.135. The first-order valence-corrected chi connectivity index (χ1v) is 6.93. The van der Waals surface area contributed by atoms with E-state index < -0.39 is 17.9 Å². The SMILES string of the molecule is COCC(CC(CO)NC(=O)c1ccc(C)cc1)C(=O)NO. The molecule has 7 nitrogen and oxygen atoms in total. The molecule has 0 aliphatic heterocycles. The molecule has 0 spiro atoms. The number of aryl methyl sites for hydroxylation is 1. The minimum Gasteiger partial charge on any atom is -0.394 e. The third-order valence-corrected chi connectivity index (χ3v) is 3.29. The van der Waals surface area contributed by atoms with E-state index in [1.54, 1.807) is 17.6 Å². The van der Waals surface area contributed by atoms with Gasteiger partial charge in [-0.3, -0.25) is 14.8 Å². The van der Waals surface area contributed by atoms with E-state index in [1.165, 1.54) is 7.11 Å². The van der Waals surface area contributed by atoms with Crippen molar-refractivity contribution in [2.24, 2.45) is 5.92 Å². The molecule has 2 atom stereocenters. The fraction of sp³-hybridized carbons (Fsp3) is 0.467. The highest BCUT2D eigenvalue weighted by Gasteiger charge is 2.24. The zero-order valence-corrected chi connectivity index (χ0v) is 12.7. The lowest BCUT2D eigenvalue weighted by Gasteiger charge is -2.21. The van der Waals surface area contributed by atoms with Gasteiger partial charge in [-0.1, -0.05) is 17.7 Å². The van der Waals surface area contributed by atoms with E-state index in [4.69, 9.17) is 9.94 Å². The number of rotatable bonds is 8. The molecule has 1 rings (SSSR count). The average Bonchev–Trinajstić information content (AvgIpc) is 2.53. The highest BCUT2D eigenvalue weighted by molar-refractivity contribution is 5.94. The first-order chi connectivity index (χ1) is 10.5. The standard InChI is InChI=1S/C15H22N2O5/c1-10-3-5-11(6-4-10)14(19)16-13(8-18)7-12(9-22-2)15(20)17-21/h3-6,12-13,18,21H,7-9H2,1-2H3,(H,16,19)(H,17,20). The number of carbonyl (C=O) groups is 2. The third-order valence-electron chi connectivity index (χ3n) is 3.29. The van der Waals surface area contributed by atoms with Crippen molar-refractivity contribution >= 4 is 11.8 Å². The molecule has 0 aliphatic carbocycles. The number of benzene rings is 1. The second kappa shape index (κ2) is 9.14. The van der Waals surface area contributed by atoms with Crippen molar-refractivity contribution in [1.29, 1.82) is 0 Å². The van der Waals surface area contributed by atoms with Crippen LogP contribution in [-0.4, -0.2) is 48.5 Å². The fourth-order valence-corrected chi connectivity index (χ4v) is 2.04. The Bertz CT molecular complexity index is 489. The van der Waals surface area contributed by atoms with Gasteiger partial charge in [0, 0.05) is 12.7 Å². The van der Waals surface area contributed by atoms with Gasteiger partial charge in [0.15, 0.2) is 0 Å². The van der Waals surface area contributed by atoms with Gasteiger partial charge in [0.25, 0.3) is 5.91 Å². The molecule has 0 radical (unpaired) electrons. The molecule has 122 valence electrons. The molecule has 0 bridgehead atoms. The van der Waals surface area contributed by atoms with Crippen LogP contribution in [0.2, 0.25) is 0 Å². The van der Waals surface area contributed by atoms with E-state index in [0.29, 0.717) is 5.56 Å². The van der Waals surface area contributed by atoms with Crippen molar-refractivity contribution < 1.29 is 24.6 Å². The van der Waals surface area contributed by atoms with Crippen LogP contribution in [0.1, 0.15) is 22.3 Å². The number of amides is 2. The first kappa shape index (κ1) is 18.1. The molecule has 4 N–H and O–H groups in total. The van der Waals surface area contributed by atoms with Crippen LogP contribution in [-0.2, 0) is 9.53 Å². The molecule has 2 unspecified atom stereocenters. The Balaban J connectivity index is 2.68. The number of nitrogens with one attached hydrogen (secondary N) is 2.